The Balaban J connectivity index is 4.08. The van der Waals surface area contributed by atoms with Gasteiger partial charge in [-0.3, -0.25) is 14.4 Å². The van der Waals surface area contributed by atoms with E-state index < -0.39 is 6.10 Å². The maximum atomic E-state index is 12.6. The third-order valence-electron chi connectivity index (χ3n) is 9.09. The molecule has 0 radical (unpaired) electrons. The van der Waals surface area contributed by atoms with Crippen LogP contribution in [0.25, 0.3) is 0 Å². The van der Waals surface area contributed by atoms with E-state index in [2.05, 4.69) is 50.8 Å². The number of unbranched alkanes of at least 4 members (excludes halogenated alkanes) is 22. The van der Waals surface area contributed by atoms with Gasteiger partial charge in [0, 0.05) is 19.4 Å². The van der Waals surface area contributed by atoms with Crippen molar-refractivity contribution in [2.75, 3.05) is 19.7 Å². The van der Waals surface area contributed by atoms with Gasteiger partial charge in [0.25, 0.3) is 5.24 Å². The standard InChI is InChI=1S/C42H77NO5S/c1-4-7-9-11-13-15-17-19-21-23-25-27-29-31-33-35-40(44)47-38-39(37-43(6-3)42(46)49)48-41(45)36-34-32-30-28-26-24-22-20-18-16-14-12-10-8-5-2/h19-22,39H,4-18,23-38H2,1-3H3,(H,46,49). The van der Waals surface area contributed by atoms with Gasteiger partial charge in [0.05, 0.1) is 6.54 Å². The van der Waals surface area contributed by atoms with Gasteiger partial charge >= 0.3 is 11.9 Å². The number of hydrogen-bond acceptors (Lipinski definition) is 5. The number of carbonyl (C=O) groups excluding carboxylic acids is 3. The first-order valence-electron chi connectivity index (χ1n) is 20.6. The predicted octanol–water partition coefficient (Wildman–Crippen LogP) is 12.9. The summed E-state index contributed by atoms with van der Waals surface area (Å²) in [6.45, 7) is 6.92. The average molecular weight is 708 g/mol. The number of likely N-dealkylation sites (N-methyl/N-ethyl adjacent to an activating group) is 1. The van der Waals surface area contributed by atoms with Crippen molar-refractivity contribution in [3.05, 3.63) is 24.3 Å². The average Bonchev–Trinajstić information content (AvgIpc) is 3.09. The Morgan fingerprint density at radius 3 is 1.29 bits per heavy atom. The molecule has 0 aromatic rings. The number of allylic oxidation sites excluding steroid dienone is 4. The van der Waals surface area contributed by atoms with Crippen LogP contribution in [0.5, 0.6) is 0 Å². The van der Waals surface area contributed by atoms with E-state index >= 15 is 0 Å². The van der Waals surface area contributed by atoms with Crippen molar-refractivity contribution in [3.8, 4) is 0 Å². The maximum Gasteiger partial charge on any atom is 0.306 e. The van der Waals surface area contributed by atoms with Gasteiger partial charge in [0.1, 0.15) is 6.61 Å². The Labute approximate surface area is 308 Å². The number of esters is 2. The zero-order chi connectivity index (χ0) is 36.0. The number of nitrogens with zero attached hydrogens (tertiary/aromatic N) is 1. The molecule has 0 aromatic heterocycles. The summed E-state index contributed by atoms with van der Waals surface area (Å²) in [5.41, 5.74) is 0. The molecule has 0 heterocycles. The summed E-state index contributed by atoms with van der Waals surface area (Å²) >= 11 is 3.94. The molecule has 0 N–H and O–H groups in total. The SMILES string of the molecule is CCCCCCCCC=CCCCCCCCC(=O)OCC(CN(CC)C(=O)S)OC(=O)CCCCCCCC=CCCCCCCCC. The van der Waals surface area contributed by atoms with Gasteiger partial charge in [-0.2, -0.15) is 0 Å². The van der Waals surface area contributed by atoms with Crippen LogP contribution in [0.2, 0.25) is 0 Å². The molecule has 0 bridgehead atoms. The van der Waals surface area contributed by atoms with E-state index in [4.69, 9.17) is 9.47 Å². The lowest BCUT2D eigenvalue weighted by atomic mass is 10.1. The second-order valence-corrected chi connectivity index (χ2v) is 14.2. The first-order chi connectivity index (χ1) is 23.9. The lowest BCUT2D eigenvalue weighted by molar-refractivity contribution is -0.159. The van der Waals surface area contributed by atoms with Crippen LogP contribution in [-0.4, -0.2) is 47.9 Å². The van der Waals surface area contributed by atoms with E-state index in [0.717, 1.165) is 51.4 Å². The lowest BCUT2D eigenvalue weighted by Gasteiger charge is -2.25. The van der Waals surface area contributed by atoms with Gasteiger partial charge in [-0.05, 0) is 71.1 Å². The molecule has 0 aliphatic carbocycles. The smallest absolute Gasteiger partial charge is 0.306 e. The molecule has 1 atom stereocenters. The minimum atomic E-state index is -0.690. The number of thiol groups is 1. The van der Waals surface area contributed by atoms with E-state index in [9.17, 15) is 14.4 Å². The van der Waals surface area contributed by atoms with Crippen LogP contribution >= 0.6 is 12.6 Å². The number of amides is 1. The van der Waals surface area contributed by atoms with Gasteiger partial charge in [0.2, 0.25) is 0 Å². The van der Waals surface area contributed by atoms with E-state index in [-0.39, 0.29) is 30.3 Å². The Morgan fingerprint density at radius 1 is 0.531 bits per heavy atom. The van der Waals surface area contributed by atoms with Gasteiger partial charge < -0.3 is 14.4 Å². The van der Waals surface area contributed by atoms with Crippen LogP contribution in [0.3, 0.4) is 0 Å². The molecule has 1 unspecified atom stereocenters. The normalized spacial score (nSPS) is 12.2. The van der Waals surface area contributed by atoms with Crippen molar-refractivity contribution in [1.29, 1.82) is 0 Å². The van der Waals surface area contributed by atoms with Crippen LogP contribution in [0.15, 0.2) is 24.3 Å². The van der Waals surface area contributed by atoms with Crippen molar-refractivity contribution in [2.45, 2.75) is 207 Å². The van der Waals surface area contributed by atoms with Crippen LogP contribution in [0, 0.1) is 0 Å². The third-order valence-corrected chi connectivity index (χ3v) is 9.37. The number of ether oxygens (including phenoxy) is 2. The molecule has 0 aliphatic heterocycles. The van der Waals surface area contributed by atoms with Crippen molar-refractivity contribution < 1.29 is 23.9 Å². The molecule has 0 saturated heterocycles. The Kier molecular flexibility index (Phi) is 36.1. The van der Waals surface area contributed by atoms with Crippen molar-refractivity contribution in [1.82, 2.24) is 4.90 Å². The molecule has 6 nitrogen and oxygen atoms in total. The highest BCUT2D eigenvalue weighted by Crippen LogP contribution is 2.13. The monoisotopic (exact) mass is 708 g/mol. The van der Waals surface area contributed by atoms with Crippen LogP contribution < -0.4 is 0 Å². The molecule has 0 saturated carbocycles. The summed E-state index contributed by atoms with van der Waals surface area (Å²) in [5.74, 6) is -0.588. The fraction of sp³-hybridized carbons (Fsp3) is 0.833. The zero-order valence-electron chi connectivity index (χ0n) is 32.2. The molecule has 49 heavy (non-hydrogen) atoms. The summed E-state index contributed by atoms with van der Waals surface area (Å²) in [7, 11) is 0. The number of hydrogen-bond donors (Lipinski definition) is 1. The van der Waals surface area contributed by atoms with E-state index in [1.807, 2.05) is 6.92 Å². The fourth-order valence-electron chi connectivity index (χ4n) is 5.90. The second-order valence-electron chi connectivity index (χ2n) is 13.8. The largest absolute Gasteiger partial charge is 0.462 e. The molecular weight excluding hydrogens is 631 g/mol. The highest BCUT2D eigenvalue weighted by Gasteiger charge is 2.21. The topological polar surface area (TPSA) is 72.9 Å². The lowest BCUT2D eigenvalue weighted by Crippen LogP contribution is -2.39. The molecule has 0 aromatic carbocycles. The molecule has 0 fully saturated rings. The van der Waals surface area contributed by atoms with Crippen LogP contribution in [-0.2, 0) is 19.1 Å². The van der Waals surface area contributed by atoms with Crippen LogP contribution in [0.1, 0.15) is 201 Å². The zero-order valence-corrected chi connectivity index (χ0v) is 33.1. The Morgan fingerprint density at radius 2 is 0.898 bits per heavy atom. The summed E-state index contributed by atoms with van der Waals surface area (Å²) in [4.78, 5) is 38.4. The highest BCUT2D eigenvalue weighted by atomic mass is 32.1. The molecular formula is C42H77NO5S. The molecule has 7 heteroatoms. The van der Waals surface area contributed by atoms with Gasteiger partial charge in [-0.1, -0.05) is 154 Å². The predicted molar refractivity (Wildman–Crippen MR) is 211 cm³/mol. The summed E-state index contributed by atoms with van der Waals surface area (Å²) in [6.07, 6.45) is 40.6. The molecule has 0 aliphatic rings. The minimum absolute atomic E-state index is 0.0421. The van der Waals surface area contributed by atoms with Crippen molar-refractivity contribution in [3.63, 3.8) is 0 Å². The van der Waals surface area contributed by atoms with E-state index in [1.165, 1.54) is 120 Å². The van der Waals surface area contributed by atoms with Crippen molar-refractivity contribution >= 4 is 29.8 Å². The maximum absolute atomic E-state index is 12.6. The van der Waals surface area contributed by atoms with Gasteiger partial charge in [-0.25, -0.2) is 0 Å². The van der Waals surface area contributed by atoms with E-state index in [1.54, 1.807) is 0 Å². The quantitative estimate of drug-likeness (QED) is 0.0304. The minimum Gasteiger partial charge on any atom is -0.462 e. The molecule has 0 spiro atoms. The summed E-state index contributed by atoms with van der Waals surface area (Å²) in [6, 6.07) is 0. The second kappa shape index (κ2) is 37.5. The highest BCUT2D eigenvalue weighted by molar-refractivity contribution is 7.96. The van der Waals surface area contributed by atoms with E-state index in [0.29, 0.717) is 19.4 Å². The summed E-state index contributed by atoms with van der Waals surface area (Å²) < 4.78 is 11.2. The molecule has 286 valence electrons. The van der Waals surface area contributed by atoms with Crippen molar-refractivity contribution in [2.24, 2.45) is 0 Å². The number of rotatable bonds is 36. The first-order valence-corrected chi connectivity index (χ1v) is 21.0. The summed E-state index contributed by atoms with van der Waals surface area (Å²) in [5, 5.41) is -0.388. The van der Waals surface area contributed by atoms with Gasteiger partial charge in [-0.15, -0.1) is 0 Å². The van der Waals surface area contributed by atoms with Crippen LogP contribution in [0.4, 0.5) is 4.79 Å². The Bertz CT molecular complexity index is 830. The fourth-order valence-corrected chi connectivity index (χ4v) is 6.12. The molecule has 0 rings (SSSR count). The van der Waals surface area contributed by atoms with Gasteiger partial charge in [0.15, 0.2) is 6.10 Å². The molecule has 1 amide bonds. The number of carbonyl (C=O) groups is 3. The Hall–Kier alpha value is -1.76. The first kappa shape index (κ1) is 47.2. The third kappa shape index (κ3) is 34.5.